The largest absolute Gasteiger partial charge is 0.324 e. The molecule has 1 nitrogen and oxygen atoms in total. The standard InChI is InChI=1S/C16H13N.CH4/c17-16-11-14-7-2-1-5-12(14)9-10-13-6-3-4-8-15(13)16;/h1-8,16H,11,17H2;1H4. The third-order valence-corrected chi connectivity index (χ3v) is 3.15. The zero-order valence-corrected chi connectivity index (χ0v) is 9.48. The van der Waals surface area contributed by atoms with Crippen molar-refractivity contribution in [3.05, 3.63) is 70.8 Å². The van der Waals surface area contributed by atoms with Crippen LogP contribution in [0.25, 0.3) is 0 Å². The highest BCUT2D eigenvalue weighted by atomic mass is 14.6. The van der Waals surface area contributed by atoms with Crippen LogP contribution in [0.3, 0.4) is 0 Å². The van der Waals surface area contributed by atoms with E-state index in [0.29, 0.717) is 0 Å². The third-order valence-electron chi connectivity index (χ3n) is 3.15. The van der Waals surface area contributed by atoms with Gasteiger partial charge in [0.05, 0.1) is 0 Å². The van der Waals surface area contributed by atoms with Crippen LogP contribution in [0.1, 0.15) is 35.7 Å². The topological polar surface area (TPSA) is 26.0 Å². The molecule has 2 N–H and O–H groups in total. The fourth-order valence-corrected chi connectivity index (χ4v) is 2.24. The first-order valence-electron chi connectivity index (χ1n) is 5.79. The second-order valence-corrected chi connectivity index (χ2v) is 4.31. The normalized spacial score (nSPS) is 15.9. The second kappa shape index (κ2) is 5.08. The van der Waals surface area contributed by atoms with Crippen LogP contribution in [0, 0.1) is 11.8 Å². The lowest BCUT2D eigenvalue weighted by Gasteiger charge is -2.17. The maximum atomic E-state index is 6.26. The Kier molecular flexibility index (Phi) is 3.50. The van der Waals surface area contributed by atoms with E-state index >= 15 is 0 Å². The molecule has 2 aromatic carbocycles. The van der Waals surface area contributed by atoms with Gasteiger partial charge in [-0.05, 0) is 29.7 Å². The fourth-order valence-electron chi connectivity index (χ4n) is 2.24. The van der Waals surface area contributed by atoms with E-state index in [0.717, 1.165) is 23.1 Å². The predicted molar refractivity (Wildman–Crippen MR) is 76.2 cm³/mol. The number of hydrogen-bond acceptors (Lipinski definition) is 1. The summed E-state index contributed by atoms with van der Waals surface area (Å²) >= 11 is 0. The summed E-state index contributed by atoms with van der Waals surface area (Å²) in [6.45, 7) is 0. The number of fused-ring (bicyclic) bond motifs is 2. The van der Waals surface area contributed by atoms with Crippen molar-refractivity contribution in [2.24, 2.45) is 5.73 Å². The van der Waals surface area contributed by atoms with Crippen molar-refractivity contribution in [3.8, 4) is 11.8 Å². The summed E-state index contributed by atoms with van der Waals surface area (Å²) in [6, 6.07) is 16.4. The molecule has 1 heteroatoms. The number of nitrogens with two attached hydrogens (primary N) is 1. The average Bonchev–Trinajstić information content (AvgIpc) is 2.36. The number of rotatable bonds is 0. The highest BCUT2D eigenvalue weighted by molar-refractivity contribution is 5.52. The van der Waals surface area contributed by atoms with E-state index in [9.17, 15) is 0 Å². The lowest BCUT2D eigenvalue weighted by Crippen LogP contribution is -2.16. The van der Waals surface area contributed by atoms with Crippen LogP contribution in [-0.4, -0.2) is 0 Å². The van der Waals surface area contributed by atoms with Crippen molar-refractivity contribution in [2.45, 2.75) is 19.9 Å². The van der Waals surface area contributed by atoms with Gasteiger partial charge in [-0.1, -0.05) is 55.7 Å². The van der Waals surface area contributed by atoms with Crippen LogP contribution >= 0.6 is 0 Å². The van der Waals surface area contributed by atoms with Crippen LogP contribution in [-0.2, 0) is 6.42 Å². The summed E-state index contributed by atoms with van der Waals surface area (Å²) in [5.74, 6) is 6.46. The molecule has 0 saturated heterocycles. The minimum Gasteiger partial charge on any atom is -0.324 e. The molecular formula is C17H17N. The van der Waals surface area contributed by atoms with E-state index < -0.39 is 0 Å². The average molecular weight is 235 g/mol. The molecule has 0 heterocycles. The maximum Gasteiger partial charge on any atom is 0.0348 e. The van der Waals surface area contributed by atoms with Crippen LogP contribution in [0.4, 0.5) is 0 Å². The molecule has 0 saturated carbocycles. The van der Waals surface area contributed by atoms with Gasteiger partial charge in [-0.2, -0.15) is 0 Å². The van der Waals surface area contributed by atoms with Gasteiger partial charge in [0.1, 0.15) is 0 Å². The predicted octanol–water partition coefficient (Wildman–Crippen LogP) is 3.28. The Morgan fingerprint density at radius 1 is 0.889 bits per heavy atom. The molecule has 1 aliphatic rings. The van der Waals surface area contributed by atoms with E-state index in [2.05, 4.69) is 30.0 Å². The quantitative estimate of drug-likeness (QED) is 0.697. The minimum absolute atomic E-state index is 0. The van der Waals surface area contributed by atoms with Gasteiger partial charge in [-0.15, -0.1) is 0 Å². The highest BCUT2D eigenvalue weighted by Crippen LogP contribution is 2.23. The zero-order valence-electron chi connectivity index (χ0n) is 9.48. The first-order valence-corrected chi connectivity index (χ1v) is 5.79. The maximum absolute atomic E-state index is 6.26. The van der Waals surface area contributed by atoms with E-state index in [1.165, 1.54) is 5.56 Å². The molecule has 0 radical (unpaired) electrons. The van der Waals surface area contributed by atoms with Gasteiger partial charge >= 0.3 is 0 Å². The van der Waals surface area contributed by atoms with Crippen molar-refractivity contribution in [2.75, 3.05) is 0 Å². The molecule has 0 aliphatic heterocycles. The summed E-state index contributed by atoms with van der Waals surface area (Å²) in [4.78, 5) is 0. The third kappa shape index (κ3) is 2.16. The Bertz CT molecular complexity index is 617. The van der Waals surface area contributed by atoms with E-state index in [4.69, 9.17) is 5.73 Å². The Balaban J connectivity index is 0.00000120. The van der Waals surface area contributed by atoms with Gasteiger partial charge in [-0.3, -0.25) is 0 Å². The molecule has 3 rings (SSSR count). The van der Waals surface area contributed by atoms with Gasteiger partial charge in [-0.25, -0.2) is 0 Å². The smallest absolute Gasteiger partial charge is 0.0348 e. The first kappa shape index (κ1) is 12.4. The van der Waals surface area contributed by atoms with Gasteiger partial charge in [0.2, 0.25) is 0 Å². The molecule has 1 aliphatic carbocycles. The molecule has 0 amide bonds. The summed E-state index contributed by atoms with van der Waals surface area (Å²) in [7, 11) is 0. The van der Waals surface area contributed by atoms with Crippen molar-refractivity contribution < 1.29 is 0 Å². The van der Waals surface area contributed by atoms with Crippen LogP contribution in [0.5, 0.6) is 0 Å². The Morgan fingerprint density at radius 2 is 1.50 bits per heavy atom. The van der Waals surface area contributed by atoms with Crippen LogP contribution < -0.4 is 5.73 Å². The summed E-state index contributed by atoms with van der Waals surface area (Å²) in [5.41, 5.74) is 10.8. The van der Waals surface area contributed by atoms with E-state index in [1.807, 2.05) is 30.3 Å². The van der Waals surface area contributed by atoms with Gasteiger partial charge in [0.15, 0.2) is 0 Å². The minimum atomic E-state index is 0. The highest BCUT2D eigenvalue weighted by Gasteiger charge is 2.13. The number of hydrogen-bond donors (Lipinski definition) is 1. The summed E-state index contributed by atoms with van der Waals surface area (Å²) < 4.78 is 0. The van der Waals surface area contributed by atoms with E-state index in [1.54, 1.807) is 0 Å². The molecule has 1 atom stereocenters. The summed E-state index contributed by atoms with van der Waals surface area (Å²) in [6.07, 6.45) is 0.849. The van der Waals surface area contributed by atoms with Crippen molar-refractivity contribution in [1.82, 2.24) is 0 Å². The fraction of sp³-hybridized carbons (Fsp3) is 0.176. The van der Waals surface area contributed by atoms with Crippen LogP contribution in [0.15, 0.2) is 48.5 Å². The molecular weight excluding hydrogens is 218 g/mol. The molecule has 0 bridgehead atoms. The van der Waals surface area contributed by atoms with Crippen LogP contribution in [0.2, 0.25) is 0 Å². The van der Waals surface area contributed by atoms with Gasteiger partial charge in [0.25, 0.3) is 0 Å². The lowest BCUT2D eigenvalue weighted by molar-refractivity contribution is 0.718. The molecule has 0 aromatic heterocycles. The molecule has 90 valence electrons. The SMILES string of the molecule is C.NC1Cc2ccccc2C#Cc2ccccc21. The monoisotopic (exact) mass is 235 g/mol. The first-order chi connectivity index (χ1) is 8.34. The molecule has 2 aromatic rings. The second-order valence-electron chi connectivity index (χ2n) is 4.31. The van der Waals surface area contributed by atoms with E-state index in [-0.39, 0.29) is 13.5 Å². The Labute approximate surface area is 109 Å². The van der Waals surface area contributed by atoms with Gasteiger partial charge < -0.3 is 5.73 Å². The molecule has 0 fully saturated rings. The molecule has 18 heavy (non-hydrogen) atoms. The zero-order chi connectivity index (χ0) is 11.7. The molecule has 0 spiro atoms. The number of benzene rings is 2. The van der Waals surface area contributed by atoms with Crippen molar-refractivity contribution in [3.63, 3.8) is 0 Å². The lowest BCUT2D eigenvalue weighted by atomic mass is 9.91. The molecule has 1 unspecified atom stereocenters. The Morgan fingerprint density at radius 3 is 2.33 bits per heavy atom. The summed E-state index contributed by atoms with van der Waals surface area (Å²) in [5, 5.41) is 0. The van der Waals surface area contributed by atoms with Crippen molar-refractivity contribution in [1.29, 1.82) is 0 Å². The Hall–Kier alpha value is -2.04. The van der Waals surface area contributed by atoms with Crippen molar-refractivity contribution >= 4 is 0 Å². The van der Waals surface area contributed by atoms with Gasteiger partial charge in [0, 0.05) is 17.2 Å².